The maximum absolute atomic E-state index is 12.5. The second kappa shape index (κ2) is 8.53. The van der Waals surface area contributed by atoms with Crippen LogP contribution in [0.25, 0.3) is 0 Å². The molecule has 0 atom stereocenters. The lowest BCUT2D eigenvalue weighted by Gasteiger charge is -2.30. The Morgan fingerprint density at radius 1 is 1.10 bits per heavy atom. The van der Waals surface area contributed by atoms with E-state index in [1.165, 1.54) is 5.56 Å². The quantitative estimate of drug-likeness (QED) is 0.588. The third kappa shape index (κ3) is 4.51. The number of ether oxygens (including phenoxy) is 1. The van der Waals surface area contributed by atoms with Gasteiger partial charge in [0.25, 0.3) is 11.8 Å². The van der Waals surface area contributed by atoms with Gasteiger partial charge in [0, 0.05) is 12.2 Å². The largest absolute Gasteiger partial charge is 0.482 e. The van der Waals surface area contributed by atoms with E-state index in [4.69, 9.17) is 9.15 Å². The number of benzene rings is 2. The highest BCUT2D eigenvalue weighted by Crippen LogP contribution is 2.35. The summed E-state index contributed by atoms with van der Waals surface area (Å²) in [6.07, 6.45) is 1.71. The van der Waals surface area contributed by atoms with E-state index in [0.29, 0.717) is 28.3 Å². The van der Waals surface area contributed by atoms with Crippen molar-refractivity contribution in [3.63, 3.8) is 0 Å². The summed E-state index contributed by atoms with van der Waals surface area (Å²) in [7, 11) is 0. The van der Waals surface area contributed by atoms with E-state index < -0.39 is 0 Å². The van der Waals surface area contributed by atoms with Crippen LogP contribution in [0.4, 0.5) is 11.4 Å². The molecule has 2 heterocycles. The van der Waals surface area contributed by atoms with Crippen LogP contribution in [0.2, 0.25) is 0 Å². The maximum Gasteiger partial charge on any atom is 0.291 e. The standard InChI is InChI=1S/C22H19BrN2O4/c23-20-11-10-19(29-20)22(27)24-16-8-9-18-17(13-16)25(21(26)14-28-18)12-4-7-15-5-2-1-3-6-15/h1-3,5-6,8-11,13H,4,7,12,14H2,(H,24,27). The number of rotatable bonds is 6. The molecule has 4 rings (SSSR count). The third-order valence-corrected chi connectivity index (χ3v) is 5.07. The fourth-order valence-electron chi connectivity index (χ4n) is 3.24. The molecule has 1 aromatic heterocycles. The summed E-state index contributed by atoms with van der Waals surface area (Å²) >= 11 is 3.18. The first-order chi connectivity index (χ1) is 14.1. The molecule has 0 unspecified atom stereocenters. The van der Waals surface area contributed by atoms with Crippen molar-refractivity contribution in [2.75, 3.05) is 23.4 Å². The number of aryl methyl sites for hydroxylation is 1. The number of fused-ring (bicyclic) bond motifs is 1. The van der Waals surface area contributed by atoms with Crippen molar-refractivity contribution in [3.05, 3.63) is 76.7 Å². The number of furan rings is 1. The first kappa shape index (κ1) is 19.3. The number of amides is 2. The first-order valence-electron chi connectivity index (χ1n) is 9.28. The molecule has 2 aromatic carbocycles. The van der Waals surface area contributed by atoms with E-state index in [2.05, 4.69) is 33.4 Å². The molecular weight excluding hydrogens is 436 g/mol. The first-order valence-corrected chi connectivity index (χ1v) is 10.1. The van der Waals surface area contributed by atoms with Crippen LogP contribution >= 0.6 is 15.9 Å². The zero-order valence-electron chi connectivity index (χ0n) is 15.6. The predicted molar refractivity (Wildman–Crippen MR) is 113 cm³/mol. The predicted octanol–water partition coefficient (Wildman–Crippen LogP) is 4.65. The van der Waals surface area contributed by atoms with Crippen molar-refractivity contribution >= 4 is 39.1 Å². The van der Waals surface area contributed by atoms with Crippen LogP contribution < -0.4 is 15.0 Å². The molecule has 0 bridgehead atoms. The monoisotopic (exact) mass is 454 g/mol. The van der Waals surface area contributed by atoms with Crippen LogP contribution in [0.15, 0.2) is 69.8 Å². The fourth-order valence-corrected chi connectivity index (χ4v) is 3.55. The maximum atomic E-state index is 12.5. The zero-order chi connectivity index (χ0) is 20.2. The molecule has 1 aliphatic rings. The molecule has 148 valence electrons. The molecule has 29 heavy (non-hydrogen) atoms. The van der Waals surface area contributed by atoms with Gasteiger partial charge in [-0.25, -0.2) is 0 Å². The molecule has 0 spiro atoms. The van der Waals surface area contributed by atoms with E-state index in [1.54, 1.807) is 35.2 Å². The van der Waals surface area contributed by atoms with Gasteiger partial charge in [-0.2, -0.15) is 0 Å². The van der Waals surface area contributed by atoms with Gasteiger partial charge >= 0.3 is 0 Å². The van der Waals surface area contributed by atoms with Crippen molar-refractivity contribution in [2.45, 2.75) is 12.8 Å². The van der Waals surface area contributed by atoms with E-state index in [1.807, 2.05) is 18.2 Å². The molecular formula is C22H19BrN2O4. The minimum atomic E-state index is -0.366. The number of anilines is 2. The number of nitrogens with one attached hydrogen (secondary N) is 1. The van der Waals surface area contributed by atoms with E-state index in [0.717, 1.165) is 12.8 Å². The molecule has 1 aliphatic heterocycles. The molecule has 3 aromatic rings. The van der Waals surface area contributed by atoms with Gasteiger partial charge in [0.05, 0.1) is 5.69 Å². The normalized spacial score (nSPS) is 13.0. The average molecular weight is 455 g/mol. The molecule has 0 radical (unpaired) electrons. The van der Waals surface area contributed by atoms with Crippen LogP contribution in [-0.2, 0) is 11.2 Å². The van der Waals surface area contributed by atoms with Crippen LogP contribution in [0.1, 0.15) is 22.5 Å². The molecule has 7 heteroatoms. The Bertz CT molecular complexity index is 1030. The van der Waals surface area contributed by atoms with Crippen molar-refractivity contribution in [3.8, 4) is 5.75 Å². The fraction of sp³-hybridized carbons (Fsp3) is 0.182. The molecule has 0 saturated carbocycles. The molecule has 2 amide bonds. The number of carbonyl (C=O) groups excluding carboxylic acids is 2. The lowest BCUT2D eigenvalue weighted by molar-refractivity contribution is -0.121. The zero-order valence-corrected chi connectivity index (χ0v) is 17.1. The SMILES string of the molecule is O=C(Nc1ccc2c(c1)N(CCCc1ccccc1)C(=O)CO2)c1ccc(Br)o1. The highest BCUT2D eigenvalue weighted by molar-refractivity contribution is 9.10. The molecule has 6 nitrogen and oxygen atoms in total. The number of hydrogen-bond acceptors (Lipinski definition) is 4. The minimum absolute atomic E-state index is 0.0183. The van der Waals surface area contributed by atoms with E-state index in [-0.39, 0.29) is 24.2 Å². The van der Waals surface area contributed by atoms with Crippen LogP contribution in [0.3, 0.4) is 0 Å². The lowest BCUT2D eigenvalue weighted by atomic mass is 10.1. The van der Waals surface area contributed by atoms with Crippen molar-refractivity contribution in [2.24, 2.45) is 0 Å². The Hall–Kier alpha value is -3.06. The topological polar surface area (TPSA) is 71.8 Å². The minimum Gasteiger partial charge on any atom is -0.482 e. The summed E-state index contributed by atoms with van der Waals surface area (Å²) in [6.45, 7) is 0.594. The number of carbonyl (C=O) groups is 2. The Balaban J connectivity index is 1.48. The van der Waals surface area contributed by atoms with Gasteiger partial charge < -0.3 is 19.4 Å². The Morgan fingerprint density at radius 2 is 1.93 bits per heavy atom. The van der Waals surface area contributed by atoms with Crippen LogP contribution in [0.5, 0.6) is 5.75 Å². The summed E-state index contributed by atoms with van der Waals surface area (Å²) in [6, 6.07) is 18.7. The van der Waals surface area contributed by atoms with Crippen molar-refractivity contribution in [1.82, 2.24) is 0 Å². The van der Waals surface area contributed by atoms with Gasteiger partial charge in [0.1, 0.15) is 5.75 Å². The number of halogens is 1. The van der Waals surface area contributed by atoms with Gasteiger partial charge in [-0.15, -0.1) is 0 Å². The molecule has 0 saturated heterocycles. The van der Waals surface area contributed by atoms with Gasteiger partial charge in [0.2, 0.25) is 0 Å². The highest BCUT2D eigenvalue weighted by Gasteiger charge is 2.26. The van der Waals surface area contributed by atoms with Crippen LogP contribution in [0, 0.1) is 0 Å². The molecule has 1 N–H and O–H groups in total. The molecule has 0 fully saturated rings. The van der Waals surface area contributed by atoms with Gasteiger partial charge in [-0.3, -0.25) is 9.59 Å². The number of nitrogens with zero attached hydrogens (tertiary/aromatic N) is 1. The lowest BCUT2D eigenvalue weighted by Crippen LogP contribution is -2.39. The van der Waals surface area contributed by atoms with Crippen LogP contribution in [-0.4, -0.2) is 25.0 Å². The summed E-state index contributed by atoms with van der Waals surface area (Å²) in [5.74, 6) is 0.364. The van der Waals surface area contributed by atoms with Crippen molar-refractivity contribution < 1.29 is 18.7 Å². The Kier molecular flexibility index (Phi) is 5.67. The van der Waals surface area contributed by atoms with Gasteiger partial charge in [0.15, 0.2) is 17.0 Å². The smallest absolute Gasteiger partial charge is 0.291 e. The second-order valence-corrected chi connectivity index (χ2v) is 7.45. The summed E-state index contributed by atoms with van der Waals surface area (Å²) in [4.78, 5) is 26.5. The van der Waals surface area contributed by atoms with Gasteiger partial charge in [-0.1, -0.05) is 30.3 Å². The highest BCUT2D eigenvalue weighted by atomic mass is 79.9. The van der Waals surface area contributed by atoms with Gasteiger partial charge in [-0.05, 0) is 64.7 Å². The summed E-state index contributed by atoms with van der Waals surface area (Å²) in [5.41, 5.74) is 2.46. The average Bonchev–Trinajstić information content (AvgIpc) is 3.17. The van der Waals surface area contributed by atoms with E-state index in [9.17, 15) is 9.59 Å². The Labute approximate surface area is 176 Å². The second-order valence-electron chi connectivity index (χ2n) is 6.66. The summed E-state index contributed by atoms with van der Waals surface area (Å²) in [5, 5.41) is 2.79. The van der Waals surface area contributed by atoms with E-state index >= 15 is 0 Å². The number of hydrogen-bond donors (Lipinski definition) is 1. The van der Waals surface area contributed by atoms with Crippen molar-refractivity contribution in [1.29, 1.82) is 0 Å². The Morgan fingerprint density at radius 3 is 2.69 bits per heavy atom. The third-order valence-electron chi connectivity index (χ3n) is 4.65. The summed E-state index contributed by atoms with van der Waals surface area (Å²) < 4.78 is 11.3. The molecule has 0 aliphatic carbocycles.